The SMILES string of the molecule is COc1ccc([C@@H]2CC(c3ccccc3)=C[C@](O)(C(C)(C)C)[C@H]2C(=O)C(C)(C)C)cc1. The second kappa shape index (κ2) is 8.27. The van der Waals surface area contributed by atoms with Crippen LogP contribution in [-0.2, 0) is 4.79 Å². The van der Waals surface area contributed by atoms with Crippen molar-refractivity contribution >= 4 is 11.4 Å². The Morgan fingerprint density at radius 3 is 2.03 bits per heavy atom. The maximum absolute atomic E-state index is 13.8. The molecule has 0 fully saturated rings. The molecule has 2 aromatic carbocycles. The largest absolute Gasteiger partial charge is 0.497 e. The van der Waals surface area contributed by atoms with E-state index in [1.165, 1.54) is 0 Å². The van der Waals surface area contributed by atoms with Crippen LogP contribution in [0.5, 0.6) is 5.75 Å². The topological polar surface area (TPSA) is 46.5 Å². The van der Waals surface area contributed by atoms with E-state index in [1.54, 1.807) is 7.11 Å². The van der Waals surface area contributed by atoms with Crippen LogP contribution in [0.15, 0.2) is 60.7 Å². The van der Waals surface area contributed by atoms with Gasteiger partial charge in [-0.15, -0.1) is 0 Å². The van der Waals surface area contributed by atoms with Gasteiger partial charge < -0.3 is 9.84 Å². The van der Waals surface area contributed by atoms with Crippen LogP contribution in [0, 0.1) is 16.7 Å². The van der Waals surface area contributed by atoms with Crippen LogP contribution in [-0.4, -0.2) is 23.6 Å². The standard InChI is InChI=1S/C28H36O3/c1-26(2,3)25(29)24-23(20-13-15-22(31-7)16-14-20)17-21(19-11-9-8-10-12-19)18-28(24,30)27(4,5)6/h8-16,18,23-24,30H,17H2,1-7H3/t23-,24+,28+/m0/s1. The van der Waals surface area contributed by atoms with Crippen molar-refractivity contribution in [2.24, 2.45) is 16.7 Å². The summed E-state index contributed by atoms with van der Waals surface area (Å²) in [6, 6.07) is 18.1. The number of ketones is 1. The molecule has 0 radical (unpaired) electrons. The zero-order chi connectivity index (χ0) is 23.0. The van der Waals surface area contributed by atoms with Crippen LogP contribution in [0.2, 0.25) is 0 Å². The van der Waals surface area contributed by atoms with Crippen LogP contribution in [0.3, 0.4) is 0 Å². The lowest BCUT2D eigenvalue weighted by Gasteiger charge is -2.51. The van der Waals surface area contributed by atoms with Crippen LogP contribution in [0.4, 0.5) is 0 Å². The average molecular weight is 421 g/mol. The van der Waals surface area contributed by atoms with Gasteiger partial charge in [0.25, 0.3) is 0 Å². The molecule has 1 aliphatic carbocycles. The molecule has 3 heteroatoms. The molecule has 1 N–H and O–H groups in total. The third-order valence-electron chi connectivity index (χ3n) is 6.62. The molecule has 0 spiro atoms. The monoisotopic (exact) mass is 420 g/mol. The van der Waals surface area contributed by atoms with Gasteiger partial charge in [0.05, 0.1) is 18.6 Å². The van der Waals surface area contributed by atoms with E-state index in [1.807, 2.05) is 90.1 Å². The van der Waals surface area contributed by atoms with Crippen molar-refractivity contribution < 1.29 is 14.6 Å². The summed E-state index contributed by atoms with van der Waals surface area (Å²) in [4.78, 5) is 13.8. The van der Waals surface area contributed by atoms with Crippen LogP contribution in [0.25, 0.3) is 5.57 Å². The molecule has 0 amide bonds. The molecule has 1 aliphatic rings. The molecule has 0 aromatic heterocycles. The predicted octanol–water partition coefficient (Wildman–Crippen LogP) is 6.27. The third kappa shape index (κ3) is 4.48. The van der Waals surface area contributed by atoms with Crippen LogP contribution >= 0.6 is 0 Å². The van der Waals surface area contributed by atoms with E-state index < -0.39 is 22.3 Å². The highest BCUT2D eigenvalue weighted by Gasteiger charge is 2.55. The van der Waals surface area contributed by atoms with Crippen molar-refractivity contribution in [1.29, 1.82) is 0 Å². The highest BCUT2D eigenvalue weighted by Crippen LogP contribution is 2.54. The molecule has 2 aromatic rings. The van der Waals surface area contributed by atoms with Gasteiger partial charge in [0, 0.05) is 11.3 Å². The zero-order valence-corrected chi connectivity index (χ0v) is 19.9. The normalized spacial score (nSPS) is 24.5. The minimum Gasteiger partial charge on any atom is -0.497 e. The molecule has 166 valence electrons. The number of allylic oxidation sites excluding steroid dienone is 1. The summed E-state index contributed by atoms with van der Waals surface area (Å²) in [5.74, 6) is 0.188. The Bertz CT molecular complexity index is 942. The number of hydrogen-bond donors (Lipinski definition) is 1. The van der Waals surface area contributed by atoms with Crippen molar-refractivity contribution in [3.63, 3.8) is 0 Å². The van der Waals surface area contributed by atoms with Gasteiger partial charge in [-0.25, -0.2) is 0 Å². The van der Waals surface area contributed by atoms with Gasteiger partial charge in [0.15, 0.2) is 0 Å². The first kappa shape index (κ1) is 23.3. The maximum Gasteiger partial charge on any atom is 0.145 e. The molecule has 0 aliphatic heterocycles. The quantitative estimate of drug-likeness (QED) is 0.634. The van der Waals surface area contributed by atoms with E-state index in [0.717, 1.165) is 22.4 Å². The van der Waals surface area contributed by atoms with E-state index >= 15 is 0 Å². The van der Waals surface area contributed by atoms with Gasteiger partial charge in [0.1, 0.15) is 11.5 Å². The van der Waals surface area contributed by atoms with Crippen molar-refractivity contribution in [3.05, 3.63) is 71.8 Å². The first-order valence-electron chi connectivity index (χ1n) is 11.1. The van der Waals surface area contributed by atoms with Gasteiger partial charge in [-0.1, -0.05) is 84.0 Å². The third-order valence-corrected chi connectivity index (χ3v) is 6.62. The summed E-state index contributed by atoms with van der Waals surface area (Å²) in [5, 5.41) is 12.2. The number of Topliss-reactive ketones (excluding diaryl/α,β-unsaturated/α-hetero) is 1. The molecule has 0 unspecified atom stereocenters. The van der Waals surface area contributed by atoms with Gasteiger partial charge >= 0.3 is 0 Å². The Morgan fingerprint density at radius 1 is 0.968 bits per heavy atom. The Morgan fingerprint density at radius 2 is 1.55 bits per heavy atom. The van der Waals surface area contributed by atoms with E-state index in [2.05, 4.69) is 12.1 Å². The number of methoxy groups -OCH3 is 1. The number of hydrogen-bond acceptors (Lipinski definition) is 3. The lowest BCUT2D eigenvalue weighted by molar-refractivity contribution is -0.147. The molecule has 0 saturated carbocycles. The molecule has 0 saturated heterocycles. The lowest BCUT2D eigenvalue weighted by atomic mass is 9.55. The van der Waals surface area contributed by atoms with E-state index in [-0.39, 0.29) is 11.7 Å². The van der Waals surface area contributed by atoms with Gasteiger partial charge in [-0.05, 0) is 46.7 Å². The van der Waals surface area contributed by atoms with Crippen molar-refractivity contribution in [1.82, 2.24) is 0 Å². The number of carbonyl (C=O) groups excluding carboxylic acids is 1. The van der Waals surface area contributed by atoms with Crippen molar-refractivity contribution in [3.8, 4) is 5.75 Å². The van der Waals surface area contributed by atoms with E-state index in [0.29, 0.717) is 6.42 Å². The molecule has 3 atom stereocenters. The maximum atomic E-state index is 13.8. The predicted molar refractivity (Wildman–Crippen MR) is 127 cm³/mol. The van der Waals surface area contributed by atoms with Crippen LogP contribution < -0.4 is 4.74 Å². The first-order valence-corrected chi connectivity index (χ1v) is 11.1. The van der Waals surface area contributed by atoms with Crippen molar-refractivity contribution in [2.75, 3.05) is 7.11 Å². The number of benzene rings is 2. The van der Waals surface area contributed by atoms with Crippen LogP contribution in [0.1, 0.15) is 65.0 Å². The summed E-state index contributed by atoms with van der Waals surface area (Å²) in [7, 11) is 1.65. The molecule has 3 nitrogen and oxygen atoms in total. The Labute approximate surface area is 187 Å². The van der Waals surface area contributed by atoms with E-state index in [4.69, 9.17) is 4.74 Å². The fourth-order valence-corrected chi connectivity index (χ4v) is 4.62. The number of aliphatic hydroxyl groups is 1. The fraction of sp³-hybridized carbons (Fsp3) is 0.464. The molecular formula is C28H36O3. The molecule has 0 bridgehead atoms. The minimum absolute atomic E-state index is 0.0918. The lowest BCUT2D eigenvalue weighted by Crippen LogP contribution is -2.56. The summed E-state index contributed by atoms with van der Waals surface area (Å²) < 4.78 is 5.34. The van der Waals surface area contributed by atoms with Gasteiger partial charge in [-0.3, -0.25) is 4.79 Å². The fourth-order valence-electron chi connectivity index (χ4n) is 4.62. The summed E-state index contributed by atoms with van der Waals surface area (Å²) in [5.41, 5.74) is 0.844. The minimum atomic E-state index is -1.29. The smallest absolute Gasteiger partial charge is 0.145 e. The molecule has 0 heterocycles. The van der Waals surface area contributed by atoms with E-state index in [9.17, 15) is 9.90 Å². The number of carbonyl (C=O) groups is 1. The highest BCUT2D eigenvalue weighted by atomic mass is 16.5. The average Bonchev–Trinajstić information content (AvgIpc) is 2.72. The number of ether oxygens (including phenoxy) is 1. The van der Waals surface area contributed by atoms with Crippen molar-refractivity contribution in [2.45, 2.75) is 59.5 Å². The molecule has 31 heavy (non-hydrogen) atoms. The summed E-state index contributed by atoms with van der Waals surface area (Å²) in [6.07, 6.45) is 2.66. The summed E-state index contributed by atoms with van der Waals surface area (Å²) >= 11 is 0. The Balaban J connectivity index is 2.24. The Kier molecular flexibility index (Phi) is 6.21. The second-order valence-electron chi connectivity index (χ2n) is 10.8. The summed E-state index contributed by atoms with van der Waals surface area (Å²) in [6.45, 7) is 11.9. The first-order chi connectivity index (χ1) is 14.4. The zero-order valence-electron chi connectivity index (χ0n) is 19.9. The second-order valence-corrected chi connectivity index (χ2v) is 10.8. The number of rotatable bonds is 4. The van der Waals surface area contributed by atoms with Gasteiger partial charge in [-0.2, -0.15) is 0 Å². The molecule has 3 rings (SSSR count). The highest BCUT2D eigenvalue weighted by molar-refractivity contribution is 5.90. The van der Waals surface area contributed by atoms with Gasteiger partial charge in [0.2, 0.25) is 0 Å². The Hall–Kier alpha value is -2.39. The molecular weight excluding hydrogens is 384 g/mol.